The Bertz CT molecular complexity index is 601. The highest BCUT2D eigenvalue weighted by molar-refractivity contribution is 6.35. The lowest BCUT2D eigenvalue weighted by Crippen LogP contribution is -2.14. The van der Waals surface area contributed by atoms with Crippen molar-refractivity contribution in [3.63, 3.8) is 0 Å². The van der Waals surface area contributed by atoms with Crippen LogP contribution in [0.4, 0.5) is 4.39 Å². The van der Waals surface area contributed by atoms with Crippen molar-refractivity contribution in [3.05, 3.63) is 68.4 Å². The molecule has 0 spiro atoms. The fraction of sp³-hybridized carbons (Fsp3) is 0.143. The van der Waals surface area contributed by atoms with Gasteiger partial charge >= 0.3 is 0 Å². The maximum Gasteiger partial charge on any atom is 0.145 e. The van der Waals surface area contributed by atoms with Crippen molar-refractivity contribution in [2.75, 3.05) is 0 Å². The minimum Gasteiger partial charge on any atom is -0.324 e. The third kappa shape index (κ3) is 3.40. The van der Waals surface area contributed by atoms with Crippen molar-refractivity contribution < 1.29 is 4.39 Å². The summed E-state index contributed by atoms with van der Waals surface area (Å²) in [6.45, 7) is 0. The van der Waals surface area contributed by atoms with Gasteiger partial charge in [-0.25, -0.2) is 4.39 Å². The molecule has 2 aromatic carbocycles. The summed E-state index contributed by atoms with van der Waals surface area (Å²) in [5.41, 5.74) is 7.25. The zero-order chi connectivity index (χ0) is 14.0. The molecule has 100 valence electrons. The van der Waals surface area contributed by atoms with Gasteiger partial charge in [-0.1, -0.05) is 53.0 Å². The number of halogens is 4. The second-order valence-corrected chi connectivity index (χ2v) is 5.44. The van der Waals surface area contributed by atoms with Crippen molar-refractivity contribution in [2.45, 2.75) is 12.5 Å². The third-order valence-electron chi connectivity index (χ3n) is 2.83. The molecule has 0 heterocycles. The smallest absolute Gasteiger partial charge is 0.145 e. The van der Waals surface area contributed by atoms with Crippen molar-refractivity contribution >= 4 is 34.8 Å². The standard InChI is InChI=1S/C14H11Cl3FN/c15-9-4-5-10(12(17)7-9)13(19)6-8-2-1-3-11(16)14(8)18/h1-5,7,13H,6,19H2. The Labute approximate surface area is 126 Å². The molecule has 2 rings (SSSR count). The highest BCUT2D eigenvalue weighted by Crippen LogP contribution is 2.28. The van der Waals surface area contributed by atoms with Crippen LogP contribution in [0.1, 0.15) is 17.2 Å². The summed E-state index contributed by atoms with van der Waals surface area (Å²) in [5, 5.41) is 1.10. The Morgan fingerprint density at radius 1 is 1.05 bits per heavy atom. The van der Waals surface area contributed by atoms with E-state index in [-0.39, 0.29) is 5.02 Å². The molecule has 1 nitrogen and oxygen atoms in total. The molecule has 0 fully saturated rings. The van der Waals surface area contributed by atoms with Gasteiger partial charge in [0.15, 0.2) is 0 Å². The lowest BCUT2D eigenvalue weighted by molar-refractivity contribution is 0.594. The lowest BCUT2D eigenvalue weighted by atomic mass is 9.99. The SMILES string of the molecule is NC(Cc1cccc(Cl)c1F)c1ccc(Cl)cc1Cl. The maximum absolute atomic E-state index is 13.8. The second-order valence-electron chi connectivity index (χ2n) is 4.19. The Kier molecular flexibility index (Phi) is 4.69. The van der Waals surface area contributed by atoms with Gasteiger partial charge in [-0.15, -0.1) is 0 Å². The van der Waals surface area contributed by atoms with Crippen LogP contribution in [-0.2, 0) is 6.42 Å². The quantitative estimate of drug-likeness (QED) is 0.844. The second kappa shape index (κ2) is 6.10. The van der Waals surface area contributed by atoms with Crippen LogP contribution in [0.2, 0.25) is 15.1 Å². The zero-order valence-electron chi connectivity index (χ0n) is 9.84. The zero-order valence-corrected chi connectivity index (χ0v) is 12.1. The summed E-state index contributed by atoms with van der Waals surface area (Å²) in [6.07, 6.45) is 0.313. The minimum atomic E-state index is -0.440. The van der Waals surface area contributed by atoms with Gasteiger partial charge in [0, 0.05) is 16.1 Å². The molecule has 2 N–H and O–H groups in total. The number of rotatable bonds is 3. The van der Waals surface area contributed by atoms with Gasteiger partial charge in [0.1, 0.15) is 5.82 Å². The first-order chi connectivity index (χ1) is 8.99. The van der Waals surface area contributed by atoms with Crippen molar-refractivity contribution in [1.29, 1.82) is 0 Å². The van der Waals surface area contributed by atoms with E-state index in [0.29, 0.717) is 22.0 Å². The fourth-order valence-corrected chi connectivity index (χ4v) is 2.60. The Morgan fingerprint density at radius 3 is 2.47 bits per heavy atom. The van der Waals surface area contributed by atoms with E-state index in [1.807, 2.05) is 0 Å². The molecule has 1 unspecified atom stereocenters. The molecule has 0 saturated carbocycles. The van der Waals surface area contributed by atoms with E-state index in [2.05, 4.69) is 0 Å². The molecular formula is C14H11Cl3FN. The average molecular weight is 319 g/mol. The Morgan fingerprint density at radius 2 is 1.79 bits per heavy atom. The summed E-state index contributed by atoms with van der Waals surface area (Å²) in [6, 6.07) is 9.50. The Hall–Kier alpha value is -0.800. The first-order valence-corrected chi connectivity index (χ1v) is 6.76. The van der Waals surface area contributed by atoms with Crippen LogP contribution in [-0.4, -0.2) is 0 Å². The van der Waals surface area contributed by atoms with Crippen LogP contribution >= 0.6 is 34.8 Å². The van der Waals surface area contributed by atoms with E-state index in [1.54, 1.807) is 30.3 Å². The molecule has 1 atom stereocenters. The molecule has 0 aromatic heterocycles. The minimum absolute atomic E-state index is 0.0897. The summed E-state index contributed by atoms with van der Waals surface area (Å²) in [5.74, 6) is -0.440. The van der Waals surface area contributed by atoms with E-state index in [1.165, 1.54) is 6.07 Å². The van der Waals surface area contributed by atoms with Gasteiger partial charge in [-0.3, -0.25) is 0 Å². The van der Waals surface area contributed by atoms with E-state index in [0.717, 1.165) is 5.56 Å². The molecule has 0 bridgehead atoms. The van der Waals surface area contributed by atoms with Crippen molar-refractivity contribution in [1.82, 2.24) is 0 Å². The summed E-state index contributed by atoms with van der Waals surface area (Å²) < 4.78 is 13.8. The number of hydrogen-bond acceptors (Lipinski definition) is 1. The lowest BCUT2D eigenvalue weighted by Gasteiger charge is -2.15. The van der Waals surface area contributed by atoms with Crippen molar-refractivity contribution in [2.24, 2.45) is 5.73 Å². The number of hydrogen-bond donors (Lipinski definition) is 1. The number of benzene rings is 2. The van der Waals surface area contributed by atoms with E-state index in [4.69, 9.17) is 40.5 Å². The van der Waals surface area contributed by atoms with E-state index >= 15 is 0 Å². The first kappa shape index (κ1) is 14.6. The molecular weight excluding hydrogens is 308 g/mol. The van der Waals surface area contributed by atoms with Crippen molar-refractivity contribution in [3.8, 4) is 0 Å². The van der Waals surface area contributed by atoms with Crippen LogP contribution in [0.25, 0.3) is 0 Å². The normalized spacial score (nSPS) is 12.5. The average Bonchev–Trinajstić information content (AvgIpc) is 2.34. The summed E-state index contributed by atoms with van der Waals surface area (Å²) in [7, 11) is 0. The van der Waals surface area contributed by atoms with Gasteiger partial charge in [-0.2, -0.15) is 0 Å². The molecule has 2 aromatic rings. The highest BCUT2D eigenvalue weighted by atomic mass is 35.5. The molecule has 0 saturated heterocycles. The monoisotopic (exact) mass is 317 g/mol. The van der Waals surface area contributed by atoms with Crippen LogP contribution in [0.15, 0.2) is 36.4 Å². The Balaban J connectivity index is 2.25. The van der Waals surface area contributed by atoms with Gasteiger partial charge < -0.3 is 5.73 Å². The molecule has 0 aliphatic heterocycles. The molecule has 0 radical (unpaired) electrons. The van der Waals surface area contributed by atoms with Gasteiger partial charge in [0.25, 0.3) is 0 Å². The van der Waals surface area contributed by atoms with E-state index in [9.17, 15) is 4.39 Å². The largest absolute Gasteiger partial charge is 0.324 e. The van der Waals surface area contributed by atoms with Crippen LogP contribution in [0.5, 0.6) is 0 Å². The highest BCUT2D eigenvalue weighted by Gasteiger charge is 2.14. The molecule has 0 amide bonds. The first-order valence-electron chi connectivity index (χ1n) is 5.62. The van der Waals surface area contributed by atoms with Gasteiger partial charge in [0.05, 0.1) is 5.02 Å². The molecule has 0 aliphatic carbocycles. The summed E-state index contributed by atoms with van der Waals surface area (Å²) >= 11 is 17.6. The molecule has 5 heteroatoms. The predicted octanol–water partition coefficient (Wildman–Crippen LogP) is 5.03. The molecule has 0 aliphatic rings. The predicted molar refractivity (Wildman–Crippen MR) is 78.5 cm³/mol. The fourth-order valence-electron chi connectivity index (χ4n) is 1.86. The topological polar surface area (TPSA) is 26.0 Å². The van der Waals surface area contributed by atoms with Crippen LogP contribution in [0.3, 0.4) is 0 Å². The van der Waals surface area contributed by atoms with Crippen LogP contribution < -0.4 is 5.73 Å². The van der Waals surface area contributed by atoms with Gasteiger partial charge in [0.2, 0.25) is 0 Å². The molecule has 19 heavy (non-hydrogen) atoms. The van der Waals surface area contributed by atoms with E-state index < -0.39 is 11.9 Å². The maximum atomic E-state index is 13.8. The van der Waals surface area contributed by atoms with Crippen LogP contribution in [0, 0.1) is 5.82 Å². The summed E-state index contributed by atoms with van der Waals surface area (Å²) in [4.78, 5) is 0. The van der Waals surface area contributed by atoms with Gasteiger partial charge in [-0.05, 0) is 35.7 Å². The number of nitrogens with two attached hydrogens (primary N) is 1. The third-order valence-corrected chi connectivity index (χ3v) is 3.69.